The van der Waals surface area contributed by atoms with E-state index in [0.717, 1.165) is 44.6 Å². The lowest BCUT2D eigenvalue weighted by atomic mass is 10.1. The summed E-state index contributed by atoms with van der Waals surface area (Å²) in [5.41, 5.74) is 12.4. The van der Waals surface area contributed by atoms with E-state index in [1.807, 2.05) is 6.07 Å². The third kappa shape index (κ3) is 3.80. The molecule has 0 spiro atoms. The number of fused-ring (bicyclic) bond motifs is 6. The third-order valence-corrected chi connectivity index (χ3v) is 8.73. The first-order chi connectivity index (χ1) is 21.8. The molecule has 0 bridgehead atoms. The van der Waals surface area contributed by atoms with Crippen molar-refractivity contribution in [1.29, 1.82) is 0 Å². The highest BCUT2D eigenvalue weighted by atomic mass is 15.0. The van der Waals surface area contributed by atoms with Gasteiger partial charge < -0.3 is 9.13 Å². The number of hydrogen-bond donors (Lipinski definition) is 0. The molecule has 0 saturated heterocycles. The third-order valence-electron chi connectivity index (χ3n) is 8.73. The van der Waals surface area contributed by atoms with Crippen LogP contribution in [-0.2, 0) is 0 Å². The molecule has 0 aliphatic heterocycles. The van der Waals surface area contributed by atoms with Crippen LogP contribution in [0.25, 0.3) is 77.5 Å². The topological polar surface area (TPSA) is 22.8 Å². The van der Waals surface area contributed by atoms with E-state index in [0.29, 0.717) is 0 Å². The van der Waals surface area contributed by atoms with Crippen LogP contribution in [0.1, 0.15) is 0 Å². The van der Waals surface area contributed by atoms with E-state index in [4.69, 9.17) is 4.98 Å². The van der Waals surface area contributed by atoms with Gasteiger partial charge in [-0.15, -0.1) is 0 Å². The molecule has 0 aliphatic rings. The average molecular weight is 562 g/mol. The van der Waals surface area contributed by atoms with E-state index in [1.54, 1.807) is 0 Å². The molecule has 0 radical (unpaired) electrons. The SMILES string of the molecule is c1ccc(-c2ccc(-n3c4ccc(-n5c6ccccc6c6ccccc65)cc4c4nc(-c5ccccc5)ccc43)cc2)cc1. The van der Waals surface area contributed by atoms with E-state index in [9.17, 15) is 0 Å². The van der Waals surface area contributed by atoms with Gasteiger partial charge in [-0.3, -0.25) is 0 Å². The molecule has 206 valence electrons. The molecule has 0 fully saturated rings. The average Bonchev–Trinajstić information content (AvgIpc) is 3.61. The van der Waals surface area contributed by atoms with Gasteiger partial charge >= 0.3 is 0 Å². The van der Waals surface area contributed by atoms with Crippen molar-refractivity contribution in [3.05, 3.63) is 164 Å². The number of benzene rings is 6. The summed E-state index contributed by atoms with van der Waals surface area (Å²) in [7, 11) is 0. The van der Waals surface area contributed by atoms with Crippen LogP contribution in [0.2, 0.25) is 0 Å². The van der Waals surface area contributed by atoms with Crippen LogP contribution in [0, 0.1) is 0 Å². The van der Waals surface area contributed by atoms with Gasteiger partial charge in [-0.25, -0.2) is 4.98 Å². The summed E-state index contributed by atoms with van der Waals surface area (Å²) in [5.74, 6) is 0. The number of nitrogens with zero attached hydrogens (tertiary/aromatic N) is 3. The Morgan fingerprint density at radius 3 is 1.52 bits per heavy atom. The van der Waals surface area contributed by atoms with Crippen LogP contribution in [-0.4, -0.2) is 14.1 Å². The molecule has 9 aromatic rings. The maximum Gasteiger partial charge on any atom is 0.0971 e. The fourth-order valence-corrected chi connectivity index (χ4v) is 6.69. The molecule has 0 amide bonds. The van der Waals surface area contributed by atoms with Gasteiger partial charge in [0.25, 0.3) is 0 Å². The van der Waals surface area contributed by atoms with E-state index >= 15 is 0 Å². The Kier molecular flexibility index (Phi) is 5.50. The Balaban J connectivity index is 1.30. The molecule has 44 heavy (non-hydrogen) atoms. The Labute approximate surface area is 254 Å². The molecule has 0 unspecified atom stereocenters. The van der Waals surface area contributed by atoms with Gasteiger partial charge in [-0.2, -0.15) is 0 Å². The van der Waals surface area contributed by atoms with Crippen LogP contribution in [0.4, 0.5) is 0 Å². The summed E-state index contributed by atoms with van der Waals surface area (Å²) in [6, 6.07) is 58.3. The molecule has 0 aliphatic carbocycles. The Bertz CT molecular complexity index is 2410. The molecule has 6 aromatic carbocycles. The molecule has 9 rings (SSSR count). The highest BCUT2D eigenvalue weighted by Crippen LogP contribution is 2.37. The van der Waals surface area contributed by atoms with Crippen molar-refractivity contribution in [2.24, 2.45) is 0 Å². The Morgan fingerprint density at radius 2 is 0.841 bits per heavy atom. The van der Waals surface area contributed by atoms with Crippen molar-refractivity contribution in [2.75, 3.05) is 0 Å². The predicted octanol–water partition coefficient (Wildman–Crippen LogP) is 10.6. The van der Waals surface area contributed by atoms with E-state index in [1.165, 1.54) is 32.9 Å². The zero-order valence-corrected chi connectivity index (χ0v) is 23.9. The molecular formula is C41H27N3. The minimum absolute atomic E-state index is 0.971. The first-order valence-corrected chi connectivity index (χ1v) is 15.0. The highest BCUT2D eigenvalue weighted by Gasteiger charge is 2.18. The highest BCUT2D eigenvalue weighted by molar-refractivity contribution is 6.11. The molecule has 0 saturated carbocycles. The quantitative estimate of drug-likeness (QED) is 0.210. The summed E-state index contributed by atoms with van der Waals surface area (Å²) in [4.78, 5) is 5.30. The van der Waals surface area contributed by atoms with Gasteiger partial charge in [0.05, 0.1) is 33.3 Å². The first-order valence-electron chi connectivity index (χ1n) is 15.0. The van der Waals surface area contributed by atoms with Gasteiger partial charge in [0.15, 0.2) is 0 Å². The van der Waals surface area contributed by atoms with Crippen molar-refractivity contribution >= 4 is 43.7 Å². The van der Waals surface area contributed by atoms with Crippen LogP contribution < -0.4 is 0 Å². The fraction of sp³-hybridized carbons (Fsp3) is 0. The lowest BCUT2D eigenvalue weighted by molar-refractivity contribution is 1.16. The smallest absolute Gasteiger partial charge is 0.0971 e. The van der Waals surface area contributed by atoms with Gasteiger partial charge in [-0.1, -0.05) is 109 Å². The molecule has 3 heterocycles. The summed E-state index contributed by atoms with van der Waals surface area (Å²) >= 11 is 0. The zero-order valence-electron chi connectivity index (χ0n) is 23.9. The van der Waals surface area contributed by atoms with Crippen molar-refractivity contribution in [3.8, 4) is 33.8 Å². The lowest BCUT2D eigenvalue weighted by Crippen LogP contribution is -1.96. The molecule has 3 nitrogen and oxygen atoms in total. The summed E-state index contributed by atoms with van der Waals surface area (Å²) in [6.07, 6.45) is 0. The van der Waals surface area contributed by atoms with Crippen molar-refractivity contribution in [2.45, 2.75) is 0 Å². The maximum atomic E-state index is 5.30. The van der Waals surface area contributed by atoms with E-state index < -0.39 is 0 Å². The summed E-state index contributed by atoms with van der Waals surface area (Å²) in [5, 5.41) is 3.64. The van der Waals surface area contributed by atoms with Crippen LogP contribution >= 0.6 is 0 Å². The minimum Gasteiger partial charge on any atom is -0.309 e. The zero-order chi connectivity index (χ0) is 29.0. The predicted molar refractivity (Wildman–Crippen MR) is 184 cm³/mol. The van der Waals surface area contributed by atoms with Gasteiger partial charge in [0.2, 0.25) is 0 Å². The fourth-order valence-electron chi connectivity index (χ4n) is 6.69. The van der Waals surface area contributed by atoms with Gasteiger partial charge in [0, 0.05) is 33.1 Å². The summed E-state index contributed by atoms with van der Waals surface area (Å²) in [6.45, 7) is 0. The second-order valence-corrected chi connectivity index (χ2v) is 11.2. The largest absolute Gasteiger partial charge is 0.309 e. The van der Waals surface area contributed by atoms with Crippen molar-refractivity contribution < 1.29 is 0 Å². The number of hydrogen-bond acceptors (Lipinski definition) is 1. The molecule has 3 aromatic heterocycles. The monoisotopic (exact) mass is 561 g/mol. The standard InChI is InChI=1S/C41H27N3/c1-3-11-28(12-4-1)29-19-21-31(22-20-29)43-39-25-23-32(44-37-17-9-7-15-33(37)34-16-8-10-18-38(34)44)27-35(39)41-40(43)26-24-36(42-41)30-13-5-2-6-14-30/h1-27H. The summed E-state index contributed by atoms with van der Waals surface area (Å²) < 4.78 is 4.72. The number of para-hydroxylation sites is 2. The van der Waals surface area contributed by atoms with Crippen LogP contribution in [0.3, 0.4) is 0 Å². The minimum atomic E-state index is 0.971. The first kappa shape index (κ1) is 24.6. The second-order valence-electron chi connectivity index (χ2n) is 11.2. The number of rotatable bonds is 4. The van der Waals surface area contributed by atoms with Crippen molar-refractivity contribution in [1.82, 2.24) is 14.1 Å². The van der Waals surface area contributed by atoms with Crippen LogP contribution in [0.5, 0.6) is 0 Å². The van der Waals surface area contributed by atoms with Crippen molar-refractivity contribution in [3.63, 3.8) is 0 Å². The molecular weight excluding hydrogens is 534 g/mol. The Hall–Kier alpha value is -5.93. The second kappa shape index (κ2) is 9.82. The molecule has 0 atom stereocenters. The van der Waals surface area contributed by atoms with Gasteiger partial charge in [-0.05, 0) is 65.7 Å². The molecule has 0 N–H and O–H groups in total. The normalized spacial score (nSPS) is 11.6. The lowest BCUT2D eigenvalue weighted by Gasteiger charge is -2.11. The number of pyridine rings is 1. The Morgan fingerprint density at radius 1 is 0.341 bits per heavy atom. The maximum absolute atomic E-state index is 5.30. The van der Waals surface area contributed by atoms with Gasteiger partial charge in [0.1, 0.15) is 0 Å². The van der Waals surface area contributed by atoms with E-state index in [-0.39, 0.29) is 0 Å². The van der Waals surface area contributed by atoms with Crippen LogP contribution in [0.15, 0.2) is 164 Å². The molecule has 3 heteroatoms. The van der Waals surface area contributed by atoms with E-state index in [2.05, 4.69) is 167 Å². The number of aromatic nitrogens is 3.